The minimum Gasteiger partial charge on any atom is -0.507 e. The molecule has 5 N–H and O–H groups in total. The van der Waals surface area contributed by atoms with Crippen molar-refractivity contribution in [3.05, 3.63) is 77.6 Å². The summed E-state index contributed by atoms with van der Waals surface area (Å²) in [5.41, 5.74) is 0.468. The van der Waals surface area contributed by atoms with Crippen LogP contribution < -0.4 is 0 Å². The quantitative estimate of drug-likeness (QED) is 0.204. The summed E-state index contributed by atoms with van der Waals surface area (Å²) in [7, 11) is 0. The Hall–Kier alpha value is -6.12. The normalized spacial score (nSPS) is 10.9. The Labute approximate surface area is 216 Å². The molecule has 0 aliphatic heterocycles. The average Bonchev–Trinajstić information content (AvgIpc) is 3.59. The van der Waals surface area contributed by atoms with Crippen LogP contribution in [0.1, 0.15) is 31.1 Å². The zero-order valence-corrected chi connectivity index (χ0v) is 19.4. The number of aromatic carboxylic acids is 3. The molecule has 0 amide bonds. The minimum atomic E-state index is -1.30. The Balaban J connectivity index is 1.51. The molecule has 3 heterocycles. The number of pyridine rings is 1. The number of nitrogens with zero attached hydrogens (tertiary/aromatic N) is 7. The first kappa shape index (κ1) is 24.6. The van der Waals surface area contributed by atoms with Crippen molar-refractivity contribution < 1.29 is 39.9 Å². The van der Waals surface area contributed by atoms with Gasteiger partial charge in [-0.25, -0.2) is 28.7 Å². The molecule has 0 saturated carbocycles. The van der Waals surface area contributed by atoms with Crippen molar-refractivity contribution in [3.63, 3.8) is 0 Å². The fourth-order valence-electron chi connectivity index (χ4n) is 3.62. The van der Waals surface area contributed by atoms with Gasteiger partial charge in [-0.3, -0.25) is 0 Å². The molecule has 0 fully saturated rings. The van der Waals surface area contributed by atoms with Crippen LogP contribution in [0.15, 0.2) is 60.9 Å². The molecule has 194 valence electrons. The van der Waals surface area contributed by atoms with E-state index in [4.69, 9.17) is 10.2 Å². The molecule has 2 aromatic carbocycles. The van der Waals surface area contributed by atoms with Crippen molar-refractivity contribution in [3.8, 4) is 45.6 Å². The summed E-state index contributed by atoms with van der Waals surface area (Å²) in [6.45, 7) is 0. The number of carboxylic acids is 3. The largest absolute Gasteiger partial charge is 0.507 e. The third kappa shape index (κ3) is 4.69. The van der Waals surface area contributed by atoms with Crippen LogP contribution >= 0.6 is 0 Å². The van der Waals surface area contributed by atoms with Crippen LogP contribution in [0.2, 0.25) is 0 Å². The van der Waals surface area contributed by atoms with Crippen molar-refractivity contribution in [2.45, 2.75) is 0 Å². The molecule has 0 aliphatic carbocycles. The van der Waals surface area contributed by atoms with Gasteiger partial charge in [-0.2, -0.15) is 0 Å². The molecular weight excluding hydrogens is 514 g/mol. The first-order valence-electron chi connectivity index (χ1n) is 10.8. The summed E-state index contributed by atoms with van der Waals surface area (Å²) >= 11 is 0. The first-order chi connectivity index (χ1) is 18.6. The van der Waals surface area contributed by atoms with Crippen molar-refractivity contribution in [2.75, 3.05) is 0 Å². The Morgan fingerprint density at radius 3 is 1.38 bits per heavy atom. The molecule has 15 heteroatoms. The highest BCUT2D eigenvalue weighted by Gasteiger charge is 2.18. The highest BCUT2D eigenvalue weighted by atomic mass is 16.4. The van der Waals surface area contributed by atoms with E-state index in [2.05, 4.69) is 25.6 Å². The van der Waals surface area contributed by atoms with E-state index in [0.717, 1.165) is 0 Å². The van der Waals surface area contributed by atoms with E-state index in [1.165, 1.54) is 70.3 Å². The summed E-state index contributed by atoms with van der Waals surface area (Å²) < 4.78 is 2.50. The van der Waals surface area contributed by atoms with Crippen LogP contribution in [-0.2, 0) is 0 Å². The van der Waals surface area contributed by atoms with E-state index < -0.39 is 29.4 Å². The van der Waals surface area contributed by atoms with Crippen molar-refractivity contribution in [2.24, 2.45) is 0 Å². The molecule has 39 heavy (non-hydrogen) atoms. The molecule has 3 aromatic heterocycles. The van der Waals surface area contributed by atoms with Gasteiger partial charge in [-0.1, -0.05) is 10.4 Å². The van der Waals surface area contributed by atoms with E-state index in [9.17, 15) is 29.7 Å². The lowest BCUT2D eigenvalue weighted by Gasteiger charge is -2.04. The van der Waals surface area contributed by atoms with Crippen LogP contribution in [0.3, 0.4) is 0 Å². The molecule has 5 aromatic rings. The standard InChI is InChI=1S/C24H15N7O8/c32-20-7-12(1-3-14(20)23(36)37)30-9-18(26-28-30)16-5-11(22(34)35)6-17(25-16)19-10-31(29-27-19)13-2-4-15(24(38)39)21(33)8-13/h1-10,32-33H,(H,34,35)(H,36,37)(H,38,39). The molecule has 0 saturated heterocycles. The van der Waals surface area contributed by atoms with E-state index in [0.29, 0.717) is 11.4 Å². The Bertz CT molecular complexity index is 1670. The maximum absolute atomic E-state index is 11.8. The number of aromatic hydroxyl groups is 2. The zero-order chi connectivity index (χ0) is 27.8. The number of aromatic nitrogens is 7. The second-order valence-electron chi connectivity index (χ2n) is 8.04. The fourth-order valence-corrected chi connectivity index (χ4v) is 3.62. The van der Waals surface area contributed by atoms with Crippen LogP contribution in [0.25, 0.3) is 34.2 Å². The smallest absolute Gasteiger partial charge is 0.339 e. The highest BCUT2D eigenvalue weighted by molar-refractivity contribution is 5.92. The topological polar surface area (TPSA) is 227 Å². The second kappa shape index (κ2) is 9.40. The average molecular weight is 529 g/mol. The van der Waals surface area contributed by atoms with Gasteiger partial charge >= 0.3 is 17.9 Å². The predicted octanol–water partition coefficient (Wildman–Crippen LogP) is 2.08. The first-order valence-corrected chi connectivity index (χ1v) is 10.8. The number of phenols is 2. The van der Waals surface area contributed by atoms with Gasteiger partial charge in [0.25, 0.3) is 0 Å². The predicted molar refractivity (Wildman–Crippen MR) is 129 cm³/mol. The van der Waals surface area contributed by atoms with Gasteiger partial charge in [0, 0.05) is 12.1 Å². The van der Waals surface area contributed by atoms with Gasteiger partial charge in [-0.15, -0.1) is 10.2 Å². The van der Waals surface area contributed by atoms with Gasteiger partial charge in [0.2, 0.25) is 0 Å². The highest BCUT2D eigenvalue weighted by Crippen LogP contribution is 2.26. The lowest BCUT2D eigenvalue weighted by atomic mass is 10.1. The number of carbonyl (C=O) groups is 3. The Kier molecular flexibility index (Phi) is 5.92. The number of hydrogen-bond acceptors (Lipinski definition) is 10. The third-order valence-corrected chi connectivity index (χ3v) is 5.54. The number of hydrogen-bond donors (Lipinski definition) is 5. The lowest BCUT2D eigenvalue weighted by Crippen LogP contribution is -2.00. The zero-order valence-electron chi connectivity index (χ0n) is 19.4. The molecule has 0 unspecified atom stereocenters. The van der Waals surface area contributed by atoms with E-state index in [1.54, 1.807) is 0 Å². The second-order valence-corrected chi connectivity index (χ2v) is 8.04. The van der Waals surface area contributed by atoms with Gasteiger partial charge < -0.3 is 25.5 Å². The van der Waals surface area contributed by atoms with Crippen molar-refractivity contribution in [1.82, 2.24) is 35.0 Å². The molecule has 0 atom stereocenters. The summed E-state index contributed by atoms with van der Waals surface area (Å²) in [6, 6.07) is 10.2. The third-order valence-electron chi connectivity index (χ3n) is 5.54. The van der Waals surface area contributed by atoms with E-state index in [-0.39, 0.29) is 39.5 Å². The number of rotatable bonds is 7. The maximum Gasteiger partial charge on any atom is 0.339 e. The number of benzene rings is 2. The van der Waals surface area contributed by atoms with Crippen molar-refractivity contribution >= 4 is 17.9 Å². The lowest BCUT2D eigenvalue weighted by molar-refractivity contribution is 0.0682. The van der Waals surface area contributed by atoms with E-state index >= 15 is 0 Å². The monoisotopic (exact) mass is 529 g/mol. The molecule has 0 radical (unpaired) electrons. The van der Waals surface area contributed by atoms with Crippen LogP contribution in [0.4, 0.5) is 0 Å². The number of carboxylic acid groups (broad SMARTS) is 3. The SMILES string of the molecule is O=C(O)c1cc(-c2cn(-c3ccc(C(=O)O)c(O)c3)nn2)nc(-c2cn(-c3ccc(C(=O)O)c(O)c3)nn2)c1. The summed E-state index contributed by atoms with van der Waals surface area (Å²) in [5, 5.41) is 63.7. The molecule has 0 bridgehead atoms. The maximum atomic E-state index is 11.8. The van der Waals surface area contributed by atoms with Crippen LogP contribution in [0, 0.1) is 0 Å². The summed E-state index contributed by atoms with van der Waals surface area (Å²) in [6.07, 6.45) is 2.83. The summed E-state index contributed by atoms with van der Waals surface area (Å²) in [4.78, 5) is 38.5. The van der Waals surface area contributed by atoms with Gasteiger partial charge in [0.05, 0.1) is 40.7 Å². The molecule has 0 aliphatic rings. The summed E-state index contributed by atoms with van der Waals surface area (Å²) in [5.74, 6) is -4.79. The Morgan fingerprint density at radius 2 is 1.03 bits per heavy atom. The van der Waals surface area contributed by atoms with Crippen LogP contribution in [0.5, 0.6) is 11.5 Å². The molecule has 15 nitrogen and oxygen atoms in total. The van der Waals surface area contributed by atoms with Gasteiger partial charge in [0.1, 0.15) is 34.0 Å². The van der Waals surface area contributed by atoms with Gasteiger partial charge in [-0.05, 0) is 36.4 Å². The Morgan fingerprint density at radius 1 is 0.590 bits per heavy atom. The fraction of sp³-hybridized carbons (Fsp3) is 0. The van der Waals surface area contributed by atoms with Crippen LogP contribution in [-0.4, -0.2) is 78.4 Å². The molecular formula is C24H15N7O8. The minimum absolute atomic E-state index is 0.125. The molecule has 0 spiro atoms. The van der Waals surface area contributed by atoms with E-state index in [1.807, 2.05) is 0 Å². The van der Waals surface area contributed by atoms with Gasteiger partial charge in [0.15, 0.2) is 0 Å². The van der Waals surface area contributed by atoms with Crippen molar-refractivity contribution in [1.29, 1.82) is 0 Å². The molecule has 5 rings (SSSR count).